The summed E-state index contributed by atoms with van der Waals surface area (Å²) in [5.74, 6) is -0.557. The van der Waals surface area contributed by atoms with Gasteiger partial charge in [-0.3, -0.25) is 4.79 Å². The van der Waals surface area contributed by atoms with Crippen LogP contribution < -0.4 is 0 Å². The number of rotatable bonds is 3. The zero-order valence-electron chi connectivity index (χ0n) is 7.91. The number of hydrogen-bond donors (Lipinski definition) is 2. The Bertz CT molecular complexity index is 459. The van der Waals surface area contributed by atoms with Gasteiger partial charge in [-0.2, -0.15) is 0 Å². The van der Waals surface area contributed by atoms with E-state index in [1.54, 1.807) is 0 Å². The topological polar surface area (TPSA) is 71.4 Å². The molecule has 0 saturated carbocycles. The molecule has 0 fully saturated rings. The molecule has 1 unspecified atom stereocenters. The highest BCUT2D eigenvalue weighted by Crippen LogP contribution is 2.12. The van der Waals surface area contributed by atoms with E-state index in [0.29, 0.717) is 0 Å². The van der Waals surface area contributed by atoms with Crippen LogP contribution in [0, 0.1) is 0 Å². The van der Waals surface area contributed by atoms with E-state index in [0.717, 1.165) is 6.26 Å². The van der Waals surface area contributed by atoms with Crippen LogP contribution in [-0.4, -0.2) is 31.0 Å². The number of thiol groups is 1. The monoisotopic (exact) mass is 246 g/mol. The highest BCUT2D eigenvalue weighted by atomic mass is 32.2. The minimum absolute atomic E-state index is 0.132. The van der Waals surface area contributed by atoms with Crippen molar-refractivity contribution in [2.45, 2.75) is 10.3 Å². The fraction of sp³-hybridized carbons (Fsp3) is 0.222. The molecule has 15 heavy (non-hydrogen) atoms. The Morgan fingerprint density at radius 1 is 1.33 bits per heavy atom. The molecule has 0 aliphatic carbocycles. The molecule has 1 rings (SSSR count). The normalized spacial score (nSPS) is 13.5. The second-order valence-electron chi connectivity index (χ2n) is 3.03. The first kappa shape index (κ1) is 12.2. The van der Waals surface area contributed by atoms with Crippen LogP contribution in [0.2, 0.25) is 0 Å². The Balaban J connectivity index is 3.06. The van der Waals surface area contributed by atoms with E-state index >= 15 is 0 Å². The van der Waals surface area contributed by atoms with Gasteiger partial charge in [0.1, 0.15) is 0 Å². The van der Waals surface area contributed by atoms with E-state index in [9.17, 15) is 13.2 Å². The fourth-order valence-corrected chi connectivity index (χ4v) is 1.80. The Hall–Kier alpha value is -0.850. The molecule has 0 heterocycles. The van der Waals surface area contributed by atoms with E-state index in [4.69, 9.17) is 5.11 Å². The third kappa shape index (κ3) is 3.05. The Labute approximate surface area is 93.3 Å². The maximum Gasteiger partial charge on any atom is 0.201 e. The predicted octanol–water partition coefficient (Wildman–Crippen LogP) is 0.521. The number of aliphatic hydroxyl groups excluding tert-OH is 1. The third-order valence-electron chi connectivity index (χ3n) is 1.80. The van der Waals surface area contributed by atoms with E-state index in [1.165, 1.54) is 24.3 Å². The van der Waals surface area contributed by atoms with Crippen molar-refractivity contribution in [1.82, 2.24) is 0 Å². The zero-order chi connectivity index (χ0) is 11.6. The van der Waals surface area contributed by atoms with Crippen molar-refractivity contribution in [3.8, 4) is 0 Å². The van der Waals surface area contributed by atoms with Crippen molar-refractivity contribution in [3.05, 3.63) is 29.8 Å². The van der Waals surface area contributed by atoms with Gasteiger partial charge in [-0.15, -0.1) is 12.6 Å². The van der Waals surface area contributed by atoms with Gasteiger partial charge in [-0.05, 0) is 24.3 Å². The molecule has 0 aliphatic heterocycles. The van der Waals surface area contributed by atoms with Crippen LogP contribution in [-0.2, 0) is 9.84 Å². The van der Waals surface area contributed by atoms with Gasteiger partial charge in [0.25, 0.3) is 0 Å². The van der Waals surface area contributed by atoms with Crippen LogP contribution in [0.4, 0.5) is 0 Å². The Morgan fingerprint density at radius 3 is 2.13 bits per heavy atom. The minimum atomic E-state index is -3.26. The lowest BCUT2D eigenvalue weighted by Crippen LogP contribution is -2.13. The first-order valence-electron chi connectivity index (χ1n) is 4.03. The van der Waals surface area contributed by atoms with Crippen LogP contribution in [0.5, 0.6) is 0 Å². The maximum atomic E-state index is 11.2. The smallest absolute Gasteiger partial charge is 0.201 e. The molecular formula is C9H10O4S2. The first-order valence-corrected chi connectivity index (χ1v) is 6.43. The SMILES string of the molecule is CS(=O)(=O)c1ccc(C(=O)C(O)S)cc1. The lowest BCUT2D eigenvalue weighted by molar-refractivity contribution is 0.0870. The summed E-state index contributed by atoms with van der Waals surface area (Å²) in [5, 5.41) is 8.90. The maximum absolute atomic E-state index is 11.2. The van der Waals surface area contributed by atoms with Gasteiger partial charge in [-0.1, -0.05) is 0 Å². The average molecular weight is 246 g/mol. The number of hydrogen-bond acceptors (Lipinski definition) is 5. The molecule has 0 bridgehead atoms. The van der Waals surface area contributed by atoms with Crippen molar-refractivity contribution < 1.29 is 18.3 Å². The second-order valence-corrected chi connectivity index (χ2v) is 5.54. The van der Waals surface area contributed by atoms with E-state index in [2.05, 4.69) is 12.6 Å². The highest BCUT2D eigenvalue weighted by Gasteiger charge is 2.13. The molecule has 4 nitrogen and oxygen atoms in total. The number of sulfone groups is 1. The number of benzene rings is 1. The molecule has 0 aromatic heterocycles. The lowest BCUT2D eigenvalue weighted by Gasteiger charge is -2.03. The molecule has 1 aromatic carbocycles. The molecule has 82 valence electrons. The molecule has 0 radical (unpaired) electrons. The summed E-state index contributed by atoms with van der Waals surface area (Å²) in [6.45, 7) is 0. The third-order valence-corrected chi connectivity index (χ3v) is 3.16. The number of Topliss-reactive ketones (excluding diaryl/α,β-unsaturated/α-hetero) is 1. The van der Waals surface area contributed by atoms with E-state index < -0.39 is 21.1 Å². The van der Waals surface area contributed by atoms with Crippen LogP contribution >= 0.6 is 12.6 Å². The summed E-state index contributed by atoms with van der Waals surface area (Å²) in [7, 11) is -3.26. The van der Waals surface area contributed by atoms with Gasteiger partial charge < -0.3 is 5.11 Å². The van der Waals surface area contributed by atoms with Crippen LogP contribution in [0.15, 0.2) is 29.2 Å². The van der Waals surface area contributed by atoms with E-state index in [-0.39, 0.29) is 10.5 Å². The van der Waals surface area contributed by atoms with Crippen molar-refractivity contribution in [2.75, 3.05) is 6.26 Å². The highest BCUT2D eigenvalue weighted by molar-refractivity contribution is 7.90. The molecule has 6 heteroatoms. The summed E-state index contributed by atoms with van der Waals surface area (Å²) in [6.07, 6.45) is 1.08. The number of aliphatic hydroxyl groups is 1. The quantitative estimate of drug-likeness (QED) is 0.463. The molecule has 0 saturated heterocycles. The molecular weight excluding hydrogens is 236 g/mol. The summed E-state index contributed by atoms with van der Waals surface area (Å²) in [4.78, 5) is 11.4. The van der Waals surface area contributed by atoms with Gasteiger partial charge in [0.05, 0.1) is 4.90 Å². The van der Waals surface area contributed by atoms with Crippen LogP contribution in [0.1, 0.15) is 10.4 Å². The Morgan fingerprint density at radius 2 is 1.80 bits per heavy atom. The lowest BCUT2D eigenvalue weighted by atomic mass is 10.1. The number of ketones is 1. The summed E-state index contributed by atoms with van der Waals surface area (Å²) < 4.78 is 22.2. The Kier molecular flexibility index (Phi) is 3.54. The van der Waals surface area contributed by atoms with Crippen molar-refractivity contribution in [1.29, 1.82) is 0 Å². The van der Waals surface area contributed by atoms with Crippen molar-refractivity contribution >= 4 is 28.2 Å². The van der Waals surface area contributed by atoms with Gasteiger partial charge >= 0.3 is 0 Å². The molecule has 1 atom stereocenters. The zero-order valence-corrected chi connectivity index (χ0v) is 9.63. The van der Waals surface area contributed by atoms with Crippen molar-refractivity contribution in [2.24, 2.45) is 0 Å². The molecule has 1 aromatic rings. The van der Waals surface area contributed by atoms with Crippen molar-refractivity contribution in [3.63, 3.8) is 0 Å². The van der Waals surface area contributed by atoms with Gasteiger partial charge in [-0.25, -0.2) is 8.42 Å². The summed E-state index contributed by atoms with van der Waals surface area (Å²) in [6, 6.07) is 5.33. The summed E-state index contributed by atoms with van der Waals surface area (Å²) >= 11 is 3.58. The summed E-state index contributed by atoms with van der Waals surface area (Å²) in [5.41, 5.74) is -1.15. The van der Waals surface area contributed by atoms with Crippen LogP contribution in [0.25, 0.3) is 0 Å². The number of carbonyl (C=O) groups excluding carboxylic acids is 1. The van der Waals surface area contributed by atoms with Gasteiger partial charge in [0, 0.05) is 11.8 Å². The first-order chi connectivity index (χ1) is 6.82. The van der Waals surface area contributed by atoms with E-state index in [1.807, 2.05) is 0 Å². The molecule has 1 N–H and O–H groups in total. The largest absolute Gasteiger partial charge is 0.375 e. The number of carbonyl (C=O) groups is 1. The van der Waals surface area contributed by atoms with Gasteiger partial charge in [0.2, 0.25) is 5.78 Å². The minimum Gasteiger partial charge on any atom is -0.375 e. The standard InChI is InChI=1S/C9H10O4S2/c1-15(12,13)7-4-2-6(3-5-7)8(10)9(11)14/h2-5,9,11,14H,1H3. The molecule has 0 spiro atoms. The predicted molar refractivity (Wildman–Crippen MR) is 58.9 cm³/mol. The second kappa shape index (κ2) is 4.34. The van der Waals surface area contributed by atoms with Crippen LogP contribution in [0.3, 0.4) is 0 Å². The average Bonchev–Trinajstić information content (AvgIpc) is 2.15. The molecule has 0 aliphatic rings. The fourth-order valence-electron chi connectivity index (χ4n) is 1.02. The van der Waals surface area contributed by atoms with Gasteiger partial charge in [0.15, 0.2) is 15.3 Å². The molecule has 0 amide bonds.